The van der Waals surface area contributed by atoms with Gasteiger partial charge in [-0.05, 0) is 31.2 Å². The maximum atomic E-state index is 13.3. The number of nitrogen functional groups attached to an aromatic ring is 1. The lowest BCUT2D eigenvalue weighted by Gasteiger charge is -2.37. The summed E-state index contributed by atoms with van der Waals surface area (Å²) in [6.45, 7) is 1.62. The second-order valence-corrected chi connectivity index (χ2v) is 14.2. The standard InChI is InChI=1S/C22H30N6O8S2/c1-12-5-3-4-6-15(12)38(33,34)36-37(2,8-7-13(23)22(31)32)9-14-17(29)18(30)21(35-14)28-11-27-16-19(24)25-10-26-20(16)28/h3-6,10-11,13-14,17-18,21,29-30H,7-9,23H2,1-2H3,(H,31,32)(H2,24,25,26)/t13-,14+,17+,18+,21+/m0/s1. The third kappa shape index (κ3) is 5.61. The molecule has 1 unspecified atom stereocenters. The summed E-state index contributed by atoms with van der Waals surface area (Å²) < 4.78 is 39.7. The van der Waals surface area contributed by atoms with Crippen LogP contribution in [0.1, 0.15) is 18.2 Å². The summed E-state index contributed by atoms with van der Waals surface area (Å²) in [5.74, 6) is -1.27. The lowest BCUT2D eigenvalue weighted by atomic mass is 10.1. The maximum Gasteiger partial charge on any atom is 0.320 e. The number of carboxylic acid groups (broad SMARTS) is 1. The Morgan fingerprint density at radius 1 is 1.21 bits per heavy atom. The number of nitrogens with two attached hydrogens (primary N) is 2. The molecule has 2 aromatic heterocycles. The van der Waals surface area contributed by atoms with Crippen LogP contribution in [0.2, 0.25) is 0 Å². The number of hydrogen-bond donors (Lipinski definition) is 5. The highest BCUT2D eigenvalue weighted by molar-refractivity contribution is 8.32. The van der Waals surface area contributed by atoms with Crippen molar-refractivity contribution >= 4 is 43.4 Å². The lowest BCUT2D eigenvalue weighted by molar-refractivity contribution is -0.138. The number of rotatable bonds is 10. The van der Waals surface area contributed by atoms with Crippen LogP contribution in [-0.2, 0) is 23.3 Å². The first kappa shape index (κ1) is 28.2. The van der Waals surface area contributed by atoms with Crippen molar-refractivity contribution in [3.63, 3.8) is 0 Å². The summed E-state index contributed by atoms with van der Waals surface area (Å²) in [5.41, 5.74) is 12.5. The van der Waals surface area contributed by atoms with Crippen LogP contribution < -0.4 is 11.5 Å². The third-order valence-corrected chi connectivity index (χ3v) is 11.5. The molecule has 0 amide bonds. The molecule has 0 saturated carbocycles. The number of aliphatic hydroxyl groups excluding tert-OH is 2. The highest BCUT2D eigenvalue weighted by Gasteiger charge is 2.47. The minimum absolute atomic E-state index is 0.0172. The SMILES string of the molecule is Cc1ccccc1S(=O)(=O)OS(C)(CC[C@H](N)C(=O)O)C[C@H]1O[C@@H](n2cnc3c(N)ncnc32)[C@H](O)[C@@H]1O. The van der Waals surface area contributed by atoms with Crippen LogP contribution in [0.25, 0.3) is 11.2 Å². The number of aryl methyl sites for hydroxylation is 1. The number of imidazole rings is 1. The number of aliphatic hydroxyl groups is 2. The number of benzene rings is 1. The fourth-order valence-corrected chi connectivity index (χ4v) is 9.35. The number of aliphatic carboxylic acids is 1. The number of carboxylic acids is 1. The molecule has 208 valence electrons. The molecule has 14 nitrogen and oxygen atoms in total. The van der Waals surface area contributed by atoms with E-state index in [0.29, 0.717) is 5.56 Å². The molecule has 6 atom stereocenters. The smallest absolute Gasteiger partial charge is 0.320 e. The van der Waals surface area contributed by atoms with E-state index >= 15 is 0 Å². The molecule has 3 aromatic rings. The van der Waals surface area contributed by atoms with Gasteiger partial charge in [0.2, 0.25) is 0 Å². The molecule has 1 aliphatic heterocycles. The van der Waals surface area contributed by atoms with Crippen LogP contribution in [-0.4, -0.2) is 91.3 Å². The van der Waals surface area contributed by atoms with Crippen LogP contribution >= 0.6 is 10.3 Å². The molecule has 0 bridgehead atoms. The molecular formula is C22H30N6O8S2. The Bertz CT molecular complexity index is 1440. The van der Waals surface area contributed by atoms with Crippen LogP contribution in [0.4, 0.5) is 5.82 Å². The van der Waals surface area contributed by atoms with Gasteiger partial charge >= 0.3 is 16.1 Å². The van der Waals surface area contributed by atoms with Crippen molar-refractivity contribution < 1.29 is 36.9 Å². The molecule has 1 aromatic carbocycles. The van der Waals surface area contributed by atoms with Gasteiger partial charge in [0, 0.05) is 11.5 Å². The molecule has 0 aliphatic carbocycles. The van der Waals surface area contributed by atoms with Gasteiger partial charge in [0.25, 0.3) is 0 Å². The molecule has 4 rings (SSSR count). The molecule has 1 saturated heterocycles. The zero-order valence-corrected chi connectivity index (χ0v) is 22.2. The predicted molar refractivity (Wildman–Crippen MR) is 139 cm³/mol. The van der Waals surface area contributed by atoms with Crippen molar-refractivity contribution in [2.45, 2.75) is 48.8 Å². The number of aromatic nitrogens is 4. The molecule has 0 radical (unpaired) electrons. The Morgan fingerprint density at radius 2 is 1.92 bits per heavy atom. The fourth-order valence-electron chi connectivity index (χ4n) is 4.24. The molecule has 3 heterocycles. The van der Waals surface area contributed by atoms with E-state index in [4.69, 9.17) is 19.8 Å². The first-order valence-electron chi connectivity index (χ1n) is 11.5. The van der Waals surface area contributed by atoms with Crippen molar-refractivity contribution in [3.8, 4) is 0 Å². The number of carbonyl (C=O) groups is 1. The number of ether oxygens (including phenoxy) is 1. The van der Waals surface area contributed by atoms with Crippen LogP contribution in [0.15, 0.2) is 41.8 Å². The maximum absolute atomic E-state index is 13.3. The zero-order chi connectivity index (χ0) is 27.8. The minimum atomic E-state index is -4.28. The van der Waals surface area contributed by atoms with Crippen molar-refractivity contribution in [1.29, 1.82) is 0 Å². The van der Waals surface area contributed by atoms with Gasteiger partial charge in [-0.15, -0.1) is 10.3 Å². The van der Waals surface area contributed by atoms with Gasteiger partial charge < -0.3 is 31.5 Å². The minimum Gasteiger partial charge on any atom is -0.480 e. The second kappa shape index (κ2) is 10.7. The Balaban J connectivity index is 1.62. The van der Waals surface area contributed by atoms with Crippen LogP contribution in [0.3, 0.4) is 0 Å². The summed E-state index contributed by atoms with van der Waals surface area (Å²) in [5, 5.41) is 30.9. The molecule has 16 heteroatoms. The summed E-state index contributed by atoms with van der Waals surface area (Å²) >= 11 is 0. The Kier molecular flexibility index (Phi) is 7.94. The van der Waals surface area contributed by atoms with Crippen LogP contribution in [0, 0.1) is 6.92 Å². The summed E-state index contributed by atoms with van der Waals surface area (Å²) in [4.78, 5) is 23.4. The Morgan fingerprint density at radius 3 is 2.61 bits per heavy atom. The first-order chi connectivity index (χ1) is 17.8. The van der Waals surface area contributed by atoms with Crippen molar-refractivity contribution in [1.82, 2.24) is 19.5 Å². The number of anilines is 1. The third-order valence-electron chi connectivity index (χ3n) is 6.31. The average molecular weight is 571 g/mol. The monoisotopic (exact) mass is 570 g/mol. The van der Waals surface area contributed by atoms with Gasteiger partial charge in [0.1, 0.15) is 30.1 Å². The van der Waals surface area contributed by atoms with Gasteiger partial charge in [0.05, 0.1) is 17.3 Å². The average Bonchev–Trinajstić information content (AvgIpc) is 3.39. The van der Waals surface area contributed by atoms with E-state index in [-0.39, 0.29) is 39.8 Å². The van der Waals surface area contributed by atoms with Gasteiger partial charge in [-0.3, -0.25) is 9.36 Å². The number of hydrogen-bond acceptors (Lipinski definition) is 12. The Labute approximate surface area is 220 Å². The van der Waals surface area contributed by atoms with E-state index < -0.39 is 57.0 Å². The summed E-state index contributed by atoms with van der Waals surface area (Å²) in [6.07, 6.45) is -1.01. The fraction of sp³-hybridized carbons (Fsp3) is 0.455. The summed E-state index contributed by atoms with van der Waals surface area (Å²) in [7, 11) is -6.95. The van der Waals surface area contributed by atoms with Gasteiger partial charge in [-0.25, -0.2) is 18.6 Å². The van der Waals surface area contributed by atoms with E-state index in [0.717, 1.165) is 0 Å². The first-order valence-corrected chi connectivity index (χ1v) is 15.2. The highest BCUT2D eigenvalue weighted by atomic mass is 32.3. The molecular weight excluding hydrogens is 540 g/mol. The van der Waals surface area contributed by atoms with Crippen molar-refractivity contribution in [2.24, 2.45) is 5.73 Å². The zero-order valence-electron chi connectivity index (χ0n) is 20.6. The second-order valence-electron chi connectivity index (χ2n) is 9.20. The van der Waals surface area contributed by atoms with Gasteiger partial charge in [0.15, 0.2) is 17.7 Å². The molecule has 1 fully saturated rings. The van der Waals surface area contributed by atoms with E-state index in [9.17, 15) is 28.5 Å². The van der Waals surface area contributed by atoms with Gasteiger partial charge in [-0.1, -0.05) is 18.2 Å². The number of fused-ring (bicyclic) bond motifs is 1. The predicted octanol–water partition coefficient (Wildman–Crippen LogP) is -0.107. The van der Waals surface area contributed by atoms with E-state index in [1.807, 2.05) is 0 Å². The van der Waals surface area contributed by atoms with Crippen molar-refractivity contribution in [3.05, 3.63) is 42.5 Å². The summed E-state index contributed by atoms with van der Waals surface area (Å²) in [6, 6.07) is 5.04. The van der Waals surface area contributed by atoms with Gasteiger partial charge in [-0.2, -0.15) is 8.42 Å². The van der Waals surface area contributed by atoms with E-state index in [2.05, 4.69) is 15.0 Å². The molecule has 38 heavy (non-hydrogen) atoms. The topological polar surface area (TPSA) is 226 Å². The normalized spacial score (nSPS) is 25.2. The molecule has 0 spiro atoms. The van der Waals surface area contributed by atoms with E-state index in [1.54, 1.807) is 31.4 Å². The molecule has 1 aliphatic rings. The quantitative estimate of drug-likeness (QED) is 0.215. The van der Waals surface area contributed by atoms with Crippen molar-refractivity contribution in [2.75, 3.05) is 23.5 Å². The largest absolute Gasteiger partial charge is 0.480 e. The lowest BCUT2D eigenvalue weighted by Crippen LogP contribution is -2.37. The number of nitrogens with zero attached hydrogens (tertiary/aromatic N) is 4. The highest BCUT2D eigenvalue weighted by Crippen LogP contribution is 2.52. The van der Waals surface area contributed by atoms with E-state index in [1.165, 1.54) is 23.3 Å². The Hall–Kier alpha value is -2.86. The van der Waals surface area contributed by atoms with Crippen LogP contribution in [0.5, 0.6) is 0 Å². The molecule has 7 N–H and O–H groups in total.